The molecule has 0 aromatic heterocycles. The minimum absolute atomic E-state index is 0.148. The highest BCUT2D eigenvalue weighted by atomic mass is 35.5. The fraction of sp³-hybridized carbons (Fsp3) is 0.167. The van der Waals surface area contributed by atoms with Crippen LogP contribution in [0.4, 0.5) is 9.18 Å². The number of amidine groups is 1. The number of nitrogens with two attached hydrogens (primary N) is 1. The lowest BCUT2D eigenvalue weighted by Crippen LogP contribution is -2.33. The molecule has 2 N–H and O–H groups in total. The van der Waals surface area contributed by atoms with Crippen molar-refractivity contribution in [3.63, 3.8) is 0 Å². The summed E-state index contributed by atoms with van der Waals surface area (Å²) in [5.41, 5.74) is 6.28. The van der Waals surface area contributed by atoms with Crippen LogP contribution in [-0.4, -0.2) is 23.3 Å². The summed E-state index contributed by atoms with van der Waals surface area (Å²) >= 11 is 5.97. The molecule has 1 unspecified atom stereocenters. The maximum Gasteiger partial charge on any atom is 0.346 e. The molecular weight excluding hydrogens is 257 g/mol. The van der Waals surface area contributed by atoms with Crippen LogP contribution < -0.4 is 5.73 Å². The zero-order valence-electron chi connectivity index (χ0n) is 9.44. The van der Waals surface area contributed by atoms with E-state index in [1.165, 1.54) is 23.1 Å². The van der Waals surface area contributed by atoms with E-state index in [-0.39, 0.29) is 10.9 Å². The fourth-order valence-corrected chi connectivity index (χ4v) is 2.15. The number of amides is 2. The lowest BCUT2D eigenvalue weighted by Gasteiger charge is -2.23. The molecule has 6 heteroatoms. The average Bonchev–Trinajstić information content (AvgIpc) is 2.56. The van der Waals surface area contributed by atoms with Crippen molar-refractivity contribution in [2.24, 2.45) is 10.7 Å². The number of benzene rings is 1. The second-order valence-corrected chi connectivity index (χ2v) is 4.24. The van der Waals surface area contributed by atoms with Crippen LogP contribution in [0.2, 0.25) is 5.02 Å². The van der Waals surface area contributed by atoms with Gasteiger partial charge in [-0.05, 0) is 12.1 Å². The van der Waals surface area contributed by atoms with Gasteiger partial charge >= 0.3 is 6.03 Å². The van der Waals surface area contributed by atoms with Crippen molar-refractivity contribution in [2.75, 3.05) is 6.54 Å². The minimum Gasteiger partial charge on any atom is -0.385 e. The SMILES string of the molecule is C=CCN1C(=O)N=C(N)C1c1ccc(F)cc1Cl. The van der Waals surface area contributed by atoms with Crippen LogP contribution in [0.25, 0.3) is 0 Å². The van der Waals surface area contributed by atoms with E-state index in [4.69, 9.17) is 17.3 Å². The second kappa shape index (κ2) is 4.78. The lowest BCUT2D eigenvalue weighted by molar-refractivity contribution is 0.213. The first kappa shape index (κ1) is 12.6. The van der Waals surface area contributed by atoms with E-state index < -0.39 is 17.9 Å². The Labute approximate surface area is 109 Å². The molecule has 0 saturated heterocycles. The number of hydrogen-bond donors (Lipinski definition) is 1. The average molecular weight is 268 g/mol. The van der Waals surface area contributed by atoms with E-state index in [1.807, 2.05) is 0 Å². The number of carbonyl (C=O) groups is 1. The normalized spacial score (nSPS) is 19.0. The van der Waals surface area contributed by atoms with E-state index in [2.05, 4.69) is 11.6 Å². The van der Waals surface area contributed by atoms with Gasteiger partial charge in [-0.25, -0.2) is 9.18 Å². The van der Waals surface area contributed by atoms with E-state index in [1.54, 1.807) is 6.08 Å². The lowest BCUT2D eigenvalue weighted by atomic mass is 10.1. The highest BCUT2D eigenvalue weighted by molar-refractivity contribution is 6.31. The van der Waals surface area contributed by atoms with E-state index in [9.17, 15) is 9.18 Å². The summed E-state index contributed by atoms with van der Waals surface area (Å²) in [6, 6.07) is 2.93. The second-order valence-electron chi connectivity index (χ2n) is 3.83. The Morgan fingerprint density at radius 2 is 2.33 bits per heavy atom. The van der Waals surface area contributed by atoms with Crippen LogP contribution in [-0.2, 0) is 0 Å². The minimum atomic E-state index is -0.566. The van der Waals surface area contributed by atoms with Crippen molar-refractivity contribution in [3.05, 3.63) is 47.3 Å². The van der Waals surface area contributed by atoms with E-state index >= 15 is 0 Å². The van der Waals surface area contributed by atoms with Crippen LogP contribution in [0, 0.1) is 5.82 Å². The summed E-state index contributed by atoms with van der Waals surface area (Å²) in [6.07, 6.45) is 1.57. The molecule has 94 valence electrons. The number of nitrogens with zero attached hydrogens (tertiary/aromatic N) is 2. The van der Waals surface area contributed by atoms with Crippen LogP contribution in [0.3, 0.4) is 0 Å². The van der Waals surface area contributed by atoms with Crippen molar-refractivity contribution in [1.29, 1.82) is 0 Å². The van der Waals surface area contributed by atoms with Gasteiger partial charge in [0.05, 0.1) is 0 Å². The van der Waals surface area contributed by atoms with Gasteiger partial charge in [-0.2, -0.15) is 4.99 Å². The monoisotopic (exact) mass is 267 g/mol. The predicted octanol–water partition coefficient (Wildman–Crippen LogP) is 2.50. The number of carbonyl (C=O) groups excluding carboxylic acids is 1. The number of urea groups is 1. The van der Waals surface area contributed by atoms with Gasteiger partial charge in [0.15, 0.2) is 0 Å². The molecule has 1 aromatic rings. The standard InChI is InChI=1S/C12H11ClFN3O/c1-2-5-17-10(11(15)16-12(17)18)8-4-3-7(14)6-9(8)13/h2-4,6,10H,1,5H2,(H2,15,16,18). The predicted molar refractivity (Wildman–Crippen MR) is 68.1 cm³/mol. The molecule has 4 nitrogen and oxygen atoms in total. The Morgan fingerprint density at radius 1 is 1.61 bits per heavy atom. The molecule has 0 radical (unpaired) electrons. The van der Waals surface area contributed by atoms with E-state index in [0.717, 1.165) is 0 Å². The maximum atomic E-state index is 13.0. The first-order valence-electron chi connectivity index (χ1n) is 5.25. The zero-order chi connectivity index (χ0) is 13.3. The highest BCUT2D eigenvalue weighted by Crippen LogP contribution is 2.32. The van der Waals surface area contributed by atoms with Gasteiger partial charge in [-0.1, -0.05) is 23.7 Å². The molecule has 0 spiro atoms. The summed E-state index contributed by atoms with van der Waals surface area (Å²) in [4.78, 5) is 16.7. The highest BCUT2D eigenvalue weighted by Gasteiger charge is 2.34. The maximum absolute atomic E-state index is 13.0. The molecular formula is C12H11ClFN3O. The van der Waals surface area contributed by atoms with E-state index in [0.29, 0.717) is 12.1 Å². The van der Waals surface area contributed by atoms with Gasteiger partial charge in [0.2, 0.25) is 0 Å². The van der Waals surface area contributed by atoms with Crippen molar-refractivity contribution in [1.82, 2.24) is 4.90 Å². The third-order valence-electron chi connectivity index (χ3n) is 2.65. The smallest absolute Gasteiger partial charge is 0.346 e. The number of halogens is 2. The van der Waals surface area contributed by atoms with Crippen LogP contribution in [0.1, 0.15) is 11.6 Å². The molecule has 0 fully saturated rings. The van der Waals surface area contributed by atoms with Gasteiger partial charge in [-0.3, -0.25) is 0 Å². The molecule has 1 heterocycles. The molecule has 1 aromatic carbocycles. The van der Waals surface area contributed by atoms with Gasteiger partial charge in [0, 0.05) is 17.1 Å². The van der Waals surface area contributed by atoms with Crippen molar-refractivity contribution in [2.45, 2.75) is 6.04 Å². The summed E-state index contributed by atoms with van der Waals surface area (Å²) in [7, 11) is 0. The summed E-state index contributed by atoms with van der Waals surface area (Å²) in [5, 5.41) is 0.210. The zero-order valence-corrected chi connectivity index (χ0v) is 10.2. The van der Waals surface area contributed by atoms with Crippen LogP contribution in [0.15, 0.2) is 35.8 Å². The number of aliphatic imine (C=N–C) groups is 1. The first-order valence-corrected chi connectivity index (χ1v) is 5.63. The molecule has 18 heavy (non-hydrogen) atoms. The number of rotatable bonds is 3. The Hall–Kier alpha value is -1.88. The molecule has 0 saturated carbocycles. The van der Waals surface area contributed by atoms with Crippen LogP contribution in [0.5, 0.6) is 0 Å². The Bertz CT molecular complexity index is 544. The van der Waals surface area contributed by atoms with Gasteiger partial charge in [0.1, 0.15) is 17.7 Å². The van der Waals surface area contributed by atoms with Crippen molar-refractivity contribution in [3.8, 4) is 0 Å². The first-order chi connectivity index (χ1) is 8.54. The largest absolute Gasteiger partial charge is 0.385 e. The topological polar surface area (TPSA) is 58.7 Å². The molecule has 1 aliphatic rings. The summed E-state index contributed by atoms with van der Waals surface area (Å²) < 4.78 is 13.0. The Kier molecular flexibility index (Phi) is 3.34. The molecule has 0 aliphatic carbocycles. The molecule has 0 bridgehead atoms. The van der Waals surface area contributed by atoms with Crippen molar-refractivity contribution >= 4 is 23.5 Å². The van der Waals surface area contributed by atoms with Gasteiger partial charge in [-0.15, -0.1) is 6.58 Å². The molecule has 1 aliphatic heterocycles. The Morgan fingerprint density at radius 3 is 2.94 bits per heavy atom. The van der Waals surface area contributed by atoms with Gasteiger partial charge < -0.3 is 10.6 Å². The third kappa shape index (κ3) is 2.09. The van der Waals surface area contributed by atoms with Gasteiger partial charge in [0.25, 0.3) is 0 Å². The summed E-state index contributed by atoms with van der Waals surface area (Å²) in [5.74, 6) is -0.297. The molecule has 2 amide bonds. The van der Waals surface area contributed by atoms with Crippen LogP contribution >= 0.6 is 11.6 Å². The molecule has 1 atom stereocenters. The van der Waals surface area contributed by atoms with Crippen molar-refractivity contribution < 1.29 is 9.18 Å². The fourth-order valence-electron chi connectivity index (χ4n) is 1.88. The summed E-state index contributed by atoms with van der Waals surface area (Å²) in [6.45, 7) is 3.86. The molecule has 2 rings (SSSR count). The third-order valence-corrected chi connectivity index (χ3v) is 2.97. The Balaban J connectivity index is 2.44. The quantitative estimate of drug-likeness (QED) is 0.856. The number of hydrogen-bond acceptors (Lipinski definition) is 2.